The molecule has 0 saturated heterocycles. The van der Waals surface area contributed by atoms with E-state index in [1.807, 2.05) is 27.7 Å². The highest BCUT2D eigenvalue weighted by Crippen LogP contribution is 2.00. The van der Waals surface area contributed by atoms with Crippen LogP contribution < -0.4 is 5.73 Å². The Kier molecular flexibility index (Phi) is 14.6. The fraction of sp³-hybridized carbons (Fsp3) is 0.571. The Labute approximate surface area is 95.7 Å². The van der Waals surface area contributed by atoms with Gasteiger partial charge in [-0.2, -0.15) is 0 Å². The lowest BCUT2D eigenvalue weighted by atomic mass is 10.1. The number of nitrogens with two attached hydrogens (primary N) is 1. The summed E-state index contributed by atoms with van der Waals surface area (Å²) in [5.41, 5.74) is 6.56. The van der Waals surface area contributed by atoms with Gasteiger partial charge in [-0.15, -0.1) is 0 Å². The molecule has 0 spiro atoms. The van der Waals surface area contributed by atoms with Crippen LogP contribution in [0.2, 0.25) is 0 Å². The first kappa shape index (κ1) is 16.6. The number of benzene rings is 1. The van der Waals surface area contributed by atoms with Crippen molar-refractivity contribution in [3.05, 3.63) is 35.9 Å². The van der Waals surface area contributed by atoms with Crippen LogP contribution in [-0.4, -0.2) is 6.04 Å². The molecule has 1 aromatic carbocycles. The van der Waals surface area contributed by atoms with Crippen molar-refractivity contribution in [2.24, 2.45) is 5.73 Å². The average molecular weight is 209 g/mol. The Balaban J connectivity index is 0. The maximum Gasteiger partial charge on any atom is -0.00179 e. The van der Waals surface area contributed by atoms with Crippen LogP contribution in [0.15, 0.2) is 30.3 Å². The molecule has 1 nitrogen and oxygen atoms in total. The Bertz CT molecular complexity index is 189. The van der Waals surface area contributed by atoms with Crippen molar-refractivity contribution in [3.63, 3.8) is 0 Å². The first-order valence-corrected chi connectivity index (χ1v) is 5.96. The summed E-state index contributed by atoms with van der Waals surface area (Å²) in [5.74, 6) is 0. The summed E-state index contributed by atoms with van der Waals surface area (Å²) in [4.78, 5) is 0. The molecule has 0 bridgehead atoms. The standard InChI is InChI=1S/C9H12.C3H9N.C2H6/c1-2-6-9-7-4-3-5-8-9;1-3(2)4;1-2/h3-5,7-8H,2,6H2,1H3;3H,4H2,1-2H3;1-2H3. The van der Waals surface area contributed by atoms with Gasteiger partial charge in [0.15, 0.2) is 0 Å². The van der Waals surface area contributed by atoms with E-state index in [9.17, 15) is 0 Å². The van der Waals surface area contributed by atoms with Gasteiger partial charge in [-0.1, -0.05) is 71.4 Å². The quantitative estimate of drug-likeness (QED) is 0.782. The molecule has 1 rings (SSSR count). The number of rotatable bonds is 2. The molecule has 1 heteroatoms. The van der Waals surface area contributed by atoms with Crippen LogP contribution in [-0.2, 0) is 6.42 Å². The lowest BCUT2D eigenvalue weighted by molar-refractivity contribution is 0.834. The third kappa shape index (κ3) is 15.9. The molecule has 0 aromatic heterocycles. The fourth-order valence-electron chi connectivity index (χ4n) is 0.933. The van der Waals surface area contributed by atoms with Crippen LogP contribution in [0.5, 0.6) is 0 Å². The van der Waals surface area contributed by atoms with Gasteiger partial charge in [-0.3, -0.25) is 0 Å². The predicted molar refractivity (Wildman–Crippen MR) is 71.1 cm³/mol. The third-order valence-electron chi connectivity index (χ3n) is 1.38. The van der Waals surface area contributed by atoms with Crippen molar-refractivity contribution in [3.8, 4) is 0 Å². The molecule has 0 unspecified atom stereocenters. The molecular weight excluding hydrogens is 182 g/mol. The van der Waals surface area contributed by atoms with E-state index in [1.165, 1.54) is 18.4 Å². The topological polar surface area (TPSA) is 26.0 Å². The summed E-state index contributed by atoms with van der Waals surface area (Å²) in [5, 5.41) is 0. The van der Waals surface area contributed by atoms with Gasteiger partial charge in [0.1, 0.15) is 0 Å². The maximum absolute atomic E-state index is 5.11. The molecule has 0 radical (unpaired) electrons. The van der Waals surface area contributed by atoms with Gasteiger partial charge in [0.2, 0.25) is 0 Å². The molecule has 1 aromatic rings. The van der Waals surface area contributed by atoms with Gasteiger partial charge >= 0.3 is 0 Å². The van der Waals surface area contributed by atoms with Gasteiger partial charge in [0.25, 0.3) is 0 Å². The van der Waals surface area contributed by atoms with Crippen molar-refractivity contribution >= 4 is 0 Å². The molecule has 0 saturated carbocycles. The molecule has 0 atom stereocenters. The third-order valence-corrected chi connectivity index (χ3v) is 1.38. The second kappa shape index (κ2) is 13.2. The molecule has 0 amide bonds. The van der Waals surface area contributed by atoms with Crippen LogP contribution in [0.25, 0.3) is 0 Å². The van der Waals surface area contributed by atoms with Gasteiger partial charge < -0.3 is 5.73 Å². The predicted octanol–water partition coefficient (Wildman–Crippen LogP) is 4.02. The minimum absolute atomic E-state index is 0.333. The van der Waals surface area contributed by atoms with Crippen LogP contribution >= 0.6 is 0 Å². The zero-order valence-electron chi connectivity index (χ0n) is 11.0. The normalized spacial score (nSPS) is 8.47. The Hall–Kier alpha value is -0.820. The summed E-state index contributed by atoms with van der Waals surface area (Å²) in [6.07, 6.45) is 2.45. The van der Waals surface area contributed by atoms with Gasteiger partial charge in [-0.25, -0.2) is 0 Å². The highest BCUT2D eigenvalue weighted by Gasteiger charge is 1.84. The molecule has 15 heavy (non-hydrogen) atoms. The molecule has 0 aliphatic heterocycles. The summed E-state index contributed by atoms with van der Waals surface area (Å²) in [7, 11) is 0. The fourth-order valence-corrected chi connectivity index (χ4v) is 0.933. The minimum Gasteiger partial charge on any atom is -0.328 e. The highest BCUT2D eigenvalue weighted by atomic mass is 14.6. The highest BCUT2D eigenvalue weighted by molar-refractivity contribution is 5.14. The van der Waals surface area contributed by atoms with Crippen molar-refractivity contribution < 1.29 is 0 Å². The Morgan fingerprint density at radius 3 is 1.80 bits per heavy atom. The summed E-state index contributed by atoms with van der Waals surface area (Å²) in [6.45, 7) is 10.1. The number of hydrogen-bond acceptors (Lipinski definition) is 1. The lowest BCUT2D eigenvalue weighted by Gasteiger charge is -1.93. The molecular formula is C14H27N. The Morgan fingerprint density at radius 2 is 1.47 bits per heavy atom. The second-order valence-corrected chi connectivity index (χ2v) is 3.48. The van der Waals surface area contributed by atoms with E-state index >= 15 is 0 Å². The molecule has 0 heterocycles. The van der Waals surface area contributed by atoms with E-state index < -0.39 is 0 Å². The lowest BCUT2D eigenvalue weighted by Crippen LogP contribution is -2.06. The van der Waals surface area contributed by atoms with Gasteiger partial charge in [0.05, 0.1) is 0 Å². The van der Waals surface area contributed by atoms with Crippen molar-refractivity contribution in [1.82, 2.24) is 0 Å². The average Bonchev–Trinajstić information content (AvgIpc) is 2.22. The first-order chi connectivity index (χ1) is 7.16. The largest absolute Gasteiger partial charge is 0.328 e. The molecule has 0 fully saturated rings. The molecule has 88 valence electrons. The first-order valence-electron chi connectivity index (χ1n) is 5.96. The zero-order valence-corrected chi connectivity index (χ0v) is 11.0. The van der Waals surface area contributed by atoms with Crippen molar-refractivity contribution in [1.29, 1.82) is 0 Å². The summed E-state index contributed by atoms with van der Waals surface area (Å²) >= 11 is 0. The smallest absolute Gasteiger partial charge is 0.00179 e. The van der Waals surface area contributed by atoms with Crippen molar-refractivity contribution in [2.45, 2.75) is 53.5 Å². The maximum atomic E-state index is 5.11. The van der Waals surface area contributed by atoms with E-state index in [1.54, 1.807) is 0 Å². The van der Waals surface area contributed by atoms with Gasteiger partial charge in [0, 0.05) is 0 Å². The number of hydrogen-bond donors (Lipinski definition) is 1. The van der Waals surface area contributed by atoms with E-state index in [0.29, 0.717) is 6.04 Å². The molecule has 0 aliphatic carbocycles. The van der Waals surface area contributed by atoms with Crippen LogP contribution in [0.1, 0.15) is 46.6 Å². The Morgan fingerprint density at radius 1 is 1.07 bits per heavy atom. The molecule has 2 N–H and O–H groups in total. The zero-order chi connectivity index (χ0) is 12.1. The van der Waals surface area contributed by atoms with Crippen molar-refractivity contribution in [2.75, 3.05) is 0 Å². The van der Waals surface area contributed by atoms with E-state index in [4.69, 9.17) is 5.73 Å². The second-order valence-electron chi connectivity index (χ2n) is 3.48. The van der Waals surface area contributed by atoms with Crippen LogP contribution in [0.4, 0.5) is 0 Å². The number of aryl methyl sites for hydroxylation is 1. The van der Waals surface area contributed by atoms with E-state index in [-0.39, 0.29) is 0 Å². The minimum atomic E-state index is 0.333. The van der Waals surface area contributed by atoms with Crippen LogP contribution in [0.3, 0.4) is 0 Å². The molecule has 0 aliphatic rings. The van der Waals surface area contributed by atoms with E-state index in [0.717, 1.165) is 0 Å². The monoisotopic (exact) mass is 209 g/mol. The summed E-state index contributed by atoms with van der Waals surface area (Å²) in [6, 6.07) is 10.9. The van der Waals surface area contributed by atoms with E-state index in [2.05, 4.69) is 37.3 Å². The summed E-state index contributed by atoms with van der Waals surface area (Å²) < 4.78 is 0. The van der Waals surface area contributed by atoms with Gasteiger partial charge in [-0.05, 0) is 18.0 Å². The SMILES string of the molecule is CC.CC(C)N.CCCc1ccccc1. The van der Waals surface area contributed by atoms with Crippen LogP contribution in [0, 0.1) is 0 Å².